The van der Waals surface area contributed by atoms with Crippen LogP contribution in [0.2, 0.25) is 0 Å². The van der Waals surface area contributed by atoms with Crippen LogP contribution in [0, 0.1) is 6.92 Å². The molecule has 1 aromatic rings. The Morgan fingerprint density at radius 2 is 2.38 bits per heavy atom. The second kappa shape index (κ2) is 4.71. The maximum atomic E-state index is 10.9. The summed E-state index contributed by atoms with van der Waals surface area (Å²) in [5.74, 6) is -0.352. The Morgan fingerprint density at radius 3 is 2.92 bits per heavy atom. The van der Waals surface area contributed by atoms with Gasteiger partial charge in [-0.1, -0.05) is 11.3 Å². The van der Waals surface area contributed by atoms with Crippen molar-refractivity contribution in [2.24, 2.45) is 0 Å². The van der Waals surface area contributed by atoms with Gasteiger partial charge in [-0.3, -0.25) is 0 Å². The SMILES string of the molecule is CCOC(=O)/C=C/c1nnc(C)s1. The molecule has 0 aliphatic rings. The zero-order valence-electron chi connectivity index (χ0n) is 7.48. The van der Waals surface area contributed by atoms with E-state index < -0.39 is 0 Å². The van der Waals surface area contributed by atoms with E-state index in [2.05, 4.69) is 10.2 Å². The largest absolute Gasteiger partial charge is 0.463 e. The van der Waals surface area contributed by atoms with Gasteiger partial charge < -0.3 is 4.74 Å². The summed E-state index contributed by atoms with van der Waals surface area (Å²) < 4.78 is 4.70. The number of hydrogen-bond acceptors (Lipinski definition) is 5. The minimum atomic E-state index is -0.352. The summed E-state index contributed by atoms with van der Waals surface area (Å²) in [7, 11) is 0. The summed E-state index contributed by atoms with van der Waals surface area (Å²) in [6.07, 6.45) is 2.95. The quantitative estimate of drug-likeness (QED) is 0.544. The van der Waals surface area contributed by atoms with Crippen molar-refractivity contribution < 1.29 is 9.53 Å². The van der Waals surface area contributed by atoms with Gasteiger partial charge in [0, 0.05) is 6.08 Å². The zero-order valence-corrected chi connectivity index (χ0v) is 8.30. The number of hydrogen-bond donors (Lipinski definition) is 0. The normalized spacial score (nSPS) is 10.6. The number of nitrogens with zero attached hydrogens (tertiary/aromatic N) is 2. The standard InChI is InChI=1S/C8H10N2O2S/c1-3-12-8(11)5-4-7-10-9-6(2)13-7/h4-5H,3H2,1-2H3/b5-4+. The van der Waals surface area contributed by atoms with Crippen LogP contribution in [-0.2, 0) is 9.53 Å². The maximum absolute atomic E-state index is 10.9. The Labute approximate surface area is 80.3 Å². The number of ether oxygens (including phenoxy) is 1. The van der Waals surface area contributed by atoms with Crippen LogP contribution >= 0.6 is 11.3 Å². The number of carbonyl (C=O) groups is 1. The summed E-state index contributed by atoms with van der Waals surface area (Å²) in [5.41, 5.74) is 0. The fourth-order valence-electron chi connectivity index (χ4n) is 0.709. The summed E-state index contributed by atoms with van der Waals surface area (Å²) in [5, 5.41) is 9.22. The Kier molecular flexibility index (Phi) is 3.57. The van der Waals surface area contributed by atoms with E-state index in [0.29, 0.717) is 11.6 Å². The molecule has 0 atom stereocenters. The summed E-state index contributed by atoms with van der Waals surface area (Å²) in [6.45, 7) is 4.01. The van der Waals surface area contributed by atoms with Crippen molar-refractivity contribution in [3.8, 4) is 0 Å². The van der Waals surface area contributed by atoms with Crippen molar-refractivity contribution >= 4 is 23.4 Å². The number of rotatable bonds is 3. The predicted molar refractivity (Wildman–Crippen MR) is 50.3 cm³/mol. The van der Waals surface area contributed by atoms with Gasteiger partial charge >= 0.3 is 5.97 Å². The van der Waals surface area contributed by atoms with Gasteiger partial charge in [0.05, 0.1) is 6.61 Å². The second-order valence-corrected chi connectivity index (χ2v) is 3.46. The summed E-state index contributed by atoms with van der Waals surface area (Å²) >= 11 is 1.43. The van der Waals surface area contributed by atoms with Gasteiger partial charge in [-0.05, 0) is 19.9 Å². The van der Waals surface area contributed by atoms with Crippen molar-refractivity contribution in [2.45, 2.75) is 13.8 Å². The van der Waals surface area contributed by atoms with E-state index in [4.69, 9.17) is 4.74 Å². The molecule has 0 saturated heterocycles. The van der Waals surface area contributed by atoms with Crippen molar-refractivity contribution in [3.63, 3.8) is 0 Å². The van der Waals surface area contributed by atoms with Crippen LogP contribution in [0.15, 0.2) is 6.08 Å². The topological polar surface area (TPSA) is 52.1 Å². The lowest BCUT2D eigenvalue weighted by Crippen LogP contribution is -1.98. The molecular formula is C8H10N2O2S. The molecule has 5 heteroatoms. The molecule has 0 aliphatic heterocycles. The highest BCUT2D eigenvalue weighted by molar-refractivity contribution is 7.12. The molecule has 0 bridgehead atoms. The lowest BCUT2D eigenvalue weighted by molar-refractivity contribution is -0.137. The first-order valence-electron chi connectivity index (χ1n) is 3.87. The van der Waals surface area contributed by atoms with E-state index in [1.165, 1.54) is 17.4 Å². The van der Waals surface area contributed by atoms with Crippen LogP contribution in [0.4, 0.5) is 0 Å². The number of aromatic nitrogens is 2. The smallest absolute Gasteiger partial charge is 0.330 e. The Bertz CT molecular complexity index is 320. The molecule has 0 spiro atoms. The molecule has 0 radical (unpaired) electrons. The number of carbonyl (C=O) groups excluding carboxylic acids is 1. The van der Waals surface area contributed by atoms with Crippen molar-refractivity contribution in [1.82, 2.24) is 10.2 Å². The third kappa shape index (κ3) is 3.33. The monoisotopic (exact) mass is 198 g/mol. The van der Waals surface area contributed by atoms with Crippen LogP contribution in [-0.4, -0.2) is 22.8 Å². The first-order valence-corrected chi connectivity index (χ1v) is 4.69. The van der Waals surface area contributed by atoms with Crippen LogP contribution in [0.5, 0.6) is 0 Å². The molecule has 1 rings (SSSR count). The van der Waals surface area contributed by atoms with E-state index in [1.54, 1.807) is 13.0 Å². The second-order valence-electron chi connectivity index (χ2n) is 2.24. The van der Waals surface area contributed by atoms with E-state index >= 15 is 0 Å². The van der Waals surface area contributed by atoms with Gasteiger partial charge in [-0.2, -0.15) is 0 Å². The third-order valence-electron chi connectivity index (χ3n) is 1.19. The van der Waals surface area contributed by atoms with E-state index in [9.17, 15) is 4.79 Å². The van der Waals surface area contributed by atoms with Gasteiger partial charge in [0.2, 0.25) is 0 Å². The van der Waals surface area contributed by atoms with Crippen LogP contribution in [0.25, 0.3) is 6.08 Å². The van der Waals surface area contributed by atoms with Gasteiger partial charge in [0.1, 0.15) is 10.0 Å². The van der Waals surface area contributed by atoms with E-state index in [1.807, 2.05) is 6.92 Å². The lowest BCUT2D eigenvalue weighted by Gasteiger charge is -1.92. The van der Waals surface area contributed by atoms with Crippen LogP contribution < -0.4 is 0 Å². The molecule has 1 heterocycles. The molecule has 4 nitrogen and oxygen atoms in total. The molecule has 0 amide bonds. The molecule has 0 saturated carbocycles. The minimum absolute atomic E-state index is 0.352. The molecule has 70 valence electrons. The Hall–Kier alpha value is -1.23. The van der Waals surface area contributed by atoms with E-state index in [0.717, 1.165) is 5.01 Å². The number of aryl methyl sites for hydroxylation is 1. The predicted octanol–water partition coefficient (Wildman–Crippen LogP) is 1.42. The van der Waals surface area contributed by atoms with Crippen LogP contribution in [0.3, 0.4) is 0 Å². The van der Waals surface area contributed by atoms with Crippen molar-refractivity contribution in [3.05, 3.63) is 16.1 Å². The molecule has 0 unspecified atom stereocenters. The summed E-state index contributed by atoms with van der Waals surface area (Å²) in [6, 6.07) is 0. The number of esters is 1. The molecular weight excluding hydrogens is 188 g/mol. The highest BCUT2D eigenvalue weighted by Gasteiger charge is 1.97. The highest BCUT2D eigenvalue weighted by atomic mass is 32.1. The zero-order chi connectivity index (χ0) is 9.68. The highest BCUT2D eigenvalue weighted by Crippen LogP contribution is 2.09. The first kappa shape index (κ1) is 9.85. The minimum Gasteiger partial charge on any atom is -0.463 e. The maximum Gasteiger partial charge on any atom is 0.330 e. The lowest BCUT2D eigenvalue weighted by atomic mass is 10.5. The molecule has 0 fully saturated rings. The average Bonchev–Trinajstić information content (AvgIpc) is 2.49. The van der Waals surface area contributed by atoms with Crippen LogP contribution in [0.1, 0.15) is 16.9 Å². The Morgan fingerprint density at radius 1 is 1.62 bits per heavy atom. The fraction of sp³-hybridized carbons (Fsp3) is 0.375. The van der Waals surface area contributed by atoms with E-state index in [-0.39, 0.29) is 5.97 Å². The third-order valence-corrected chi connectivity index (χ3v) is 1.99. The fourth-order valence-corrected chi connectivity index (χ4v) is 1.31. The average molecular weight is 198 g/mol. The van der Waals surface area contributed by atoms with Gasteiger partial charge in [0.25, 0.3) is 0 Å². The van der Waals surface area contributed by atoms with Crippen molar-refractivity contribution in [2.75, 3.05) is 6.61 Å². The first-order chi connectivity index (χ1) is 6.22. The van der Waals surface area contributed by atoms with Gasteiger partial charge in [0.15, 0.2) is 0 Å². The van der Waals surface area contributed by atoms with Crippen molar-refractivity contribution in [1.29, 1.82) is 0 Å². The molecule has 0 N–H and O–H groups in total. The molecule has 0 aliphatic carbocycles. The Balaban J connectivity index is 2.53. The summed E-state index contributed by atoms with van der Waals surface area (Å²) in [4.78, 5) is 10.9. The van der Waals surface area contributed by atoms with Gasteiger partial charge in [-0.25, -0.2) is 4.79 Å². The van der Waals surface area contributed by atoms with Gasteiger partial charge in [-0.15, -0.1) is 10.2 Å². The molecule has 0 aromatic carbocycles. The molecule has 13 heavy (non-hydrogen) atoms. The molecule has 1 aromatic heterocycles.